The van der Waals surface area contributed by atoms with Crippen LogP contribution in [0.1, 0.15) is 26.2 Å². The van der Waals surface area contributed by atoms with Gasteiger partial charge in [-0.2, -0.15) is 0 Å². The SMILES string of the molecule is CC(N)(CO)C1CCC1. The molecule has 1 saturated carbocycles. The molecule has 0 aromatic heterocycles. The molecule has 1 aliphatic carbocycles. The van der Waals surface area contributed by atoms with Crippen LogP contribution in [0.2, 0.25) is 0 Å². The summed E-state index contributed by atoms with van der Waals surface area (Å²) in [6.07, 6.45) is 3.69. The molecule has 1 aliphatic rings. The van der Waals surface area contributed by atoms with Crippen molar-refractivity contribution in [3.63, 3.8) is 0 Å². The number of hydrogen-bond donors (Lipinski definition) is 2. The first-order valence-corrected chi connectivity index (χ1v) is 3.56. The minimum Gasteiger partial charge on any atom is -0.394 e. The Hall–Kier alpha value is -0.0800. The van der Waals surface area contributed by atoms with Crippen molar-refractivity contribution in [1.29, 1.82) is 0 Å². The molecule has 2 nitrogen and oxygen atoms in total. The van der Waals surface area contributed by atoms with Gasteiger partial charge in [0.15, 0.2) is 0 Å². The highest BCUT2D eigenvalue weighted by atomic mass is 16.3. The first kappa shape index (κ1) is 7.03. The molecule has 0 saturated heterocycles. The van der Waals surface area contributed by atoms with Gasteiger partial charge in [-0.15, -0.1) is 0 Å². The molecular weight excluding hydrogens is 114 g/mol. The van der Waals surface area contributed by atoms with Crippen LogP contribution in [0.4, 0.5) is 0 Å². The number of aliphatic hydroxyl groups excluding tert-OH is 1. The zero-order valence-corrected chi connectivity index (χ0v) is 5.93. The molecule has 0 bridgehead atoms. The lowest BCUT2D eigenvalue weighted by Crippen LogP contribution is -2.50. The van der Waals surface area contributed by atoms with Gasteiger partial charge in [0.2, 0.25) is 0 Å². The van der Waals surface area contributed by atoms with Crippen LogP contribution in [-0.2, 0) is 0 Å². The summed E-state index contributed by atoms with van der Waals surface area (Å²) in [6.45, 7) is 2.05. The maximum Gasteiger partial charge on any atom is 0.0611 e. The lowest BCUT2D eigenvalue weighted by molar-refractivity contribution is 0.105. The number of hydrogen-bond acceptors (Lipinski definition) is 2. The van der Waals surface area contributed by atoms with Gasteiger partial charge < -0.3 is 10.8 Å². The minimum absolute atomic E-state index is 0.123. The van der Waals surface area contributed by atoms with E-state index in [0.29, 0.717) is 5.92 Å². The van der Waals surface area contributed by atoms with E-state index in [1.807, 2.05) is 6.92 Å². The highest BCUT2D eigenvalue weighted by molar-refractivity contribution is 4.90. The zero-order valence-electron chi connectivity index (χ0n) is 5.93. The predicted octanol–water partition coefficient (Wildman–Crippen LogP) is 0.496. The average molecular weight is 129 g/mol. The maximum absolute atomic E-state index is 8.80. The van der Waals surface area contributed by atoms with E-state index in [1.54, 1.807) is 0 Å². The van der Waals surface area contributed by atoms with Gasteiger partial charge >= 0.3 is 0 Å². The van der Waals surface area contributed by atoms with Crippen LogP contribution in [0, 0.1) is 5.92 Å². The molecule has 0 aromatic rings. The van der Waals surface area contributed by atoms with Crippen LogP contribution in [0.5, 0.6) is 0 Å². The van der Waals surface area contributed by atoms with Crippen LogP contribution >= 0.6 is 0 Å². The summed E-state index contributed by atoms with van der Waals surface area (Å²) in [5.41, 5.74) is 5.46. The molecule has 9 heavy (non-hydrogen) atoms. The third kappa shape index (κ3) is 1.25. The summed E-state index contributed by atoms with van der Waals surface area (Å²) < 4.78 is 0. The van der Waals surface area contributed by atoms with Crippen LogP contribution in [-0.4, -0.2) is 17.3 Å². The van der Waals surface area contributed by atoms with E-state index < -0.39 is 0 Å². The highest BCUT2D eigenvalue weighted by Crippen LogP contribution is 2.34. The second-order valence-electron chi connectivity index (χ2n) is 3.29. The van der Waals surface area contributed by atoms with Crippen molar-refractivity contribution >= 4 is 0 Å². The third-order valence-corrected chi connectivity index (χ3v) is 2.38. The molecular formula is C7H15NO. The van der Waals surface area contributed by atoms with E-state index in [4.69, 9.17) is 10.8 Å². The third-order valence-electron chi connectivity index (χ3n) is 2.38. The minimum atomic E-state index is -0.307. The Morgan fingerprint density at radius 1 is 1.67 bits per heavy atom. The highest BCUT2D eigenvalue weighted by Gasteiger charge is 2.33. The monoisotopic (exact) mass is 129 g/mol. The van der Waals surface area contributed by atoms with Crippen molar-refractivity contribution in [3.05, 3.63) is 0 Å². The van der Waals surface area contributed by atoms with E-state index in [0.717, 1.165) is 0 Å². The fraction of sp³-hybridized carbons (Fsp3) is 1.00. The smallest absolute Gasteiger partial charge is 0.0611 e. The molecule has 0 radical (unpaired) electrons. The Bertz CT molecular complexity index is 97.1. The molecule has 1 unspecified atom stereocenters. The number of aliphatic hydroxyl groups is 1. The molecule has 0 spiro atoms. The summed E-state index contributed by atoms with van der Waals surface area (Å²) in [7, 11) is 0. The molecule has 2 heteroatoms. The summed E-state index contributed by atoms with van der Waals surface area (Å²) in [4.78, 5) is 0. The van der Waals surface area contributed by atoms with Crippen molar-refractivity contribution in [2.24, 2.45) is 11.7 Å². The quantitative estimate of drug-likeness (QED) is 0.570. The van der Waals surface area contributed by atoms with E-state index in [-0.39, 0.29) is 12.1 Å². The summed E-state index contributed by atoms with van der Waals surface area (Å²) in [6, 6.07) is 0. The molecule has 0 heterocycles. The van der Waals surface area contributed by atoms with Gasteiger partial charge in [-0.3, -0.25) is 0 Å². The normalized spacial score (nSPS) is 27.0. The lowest BCUT2D eigenvalue weighted by atomic mass is 9.72. The Morgan fingerprint density at radius 3 is 2.33 bits per heavy atom. The predicted molar refractivity (Wildman–Crippen MR) is 37.0 cm³/mol. The van der Waals surface area contributed by atoms with Crippen LogP contribution in [0.3, 0.4) is 0 Å². The van der Waals surface area contributed by atoms with Crippen molar-refractivity contribution < 1.29 is 5.11 Å². The molecule has 3 N–H and O–H groups in total. The summed E-state index contributed by atoms with van der Waals surface area (Å²) in [5.74, 6) is 0.572. The first-order valence-electron chi connectivity index (χ1n) is 3.56. The van der Waals surface area contributed by atoms with Crippen molar-refractivity contribution in [2.75, 3.05) is 6.61 Å². The molecule has 0 aliphatic heterocycles. The Kier molecular flexibility index (Phi) is 1.78. The zero-order chi connectivity index (χ0) is 6.91. The first-order chi connectivity index (χ1) is 4.17. The number of rotatable bonds is 2. The number of nitrogens with two attached hydrogens (primary N) is 1. The summed E-state index contributed by atoms with van der Waals surface area (Å²) >= 11 is 0. The van der Waals surface area contributed by atoms with Gasteiger partial charge in [-0.05, 0) is 25.7 Å². The van der Waals surface area contributed by atoms with E-state index in [2.05, 4.69) is 0 Å². The molecule has 0 aromatic carbocycles. The molecule has 1 atom stereocenters. The van der Waals surface area contributed by atoms with E-state index in [9.17, 15) is 0 Å². The maximum atomic E-state index is 8.80. The van der Waals surface area contributed by atoms with Crippen LogP contribution in [0.25, 0.3) is 0 Å². The average Bonchev–Trinajstić information content (AvgIpc) is 1.60. The van der Waals surface area contributed by atoms with Crippen molar-refractivity contribution in [2.45, 2.75) is 31.7 Å². The molecule has 0 amide bonds. The molecule has 1 rings (SSSR count). The fourth-order valence-corrected chi connectivity index (χ4v) is 1.20. The van der Waals surface area contributed by atoms with Crippen LogP contribution in [0.15, 0.2) is 0 Å². The van der Waals surface area contributed by atoms with Gasteiger partial charge in [0.1, 0.15) is 0 Å². The van der Waals surface area contributed by atoms with Gasteiger partial charge in [-0.1, -0.05) is 6.42 Å². The van der Waals surface area contributed by atoms with E-state index >= 15 is 0 Å². The van der Waals surface area contributed by atoms with Gasteiger partial charge in [0, 0.05) is 5.54 Å². The topological polar surface area (TPSA) is 46.2 Å². The van der Waals surface area contributed by atoms with Gasteiger partial charge in [-0.25, -0.2) is 0 Å². The van der Waals surface area contributed by atoms with Gasteiger partial charge in [0.25, 0.3) is 0 Å². The summed E-state index contributed by atoms with van der Waals surface area (Å²) in [5, 5.41) is 8.80. The molecule has 54 valence electrons. The second-order valence-corrected chi connectivity index (χ2v) is 3.29. The lowest BCUT2D eigenvalue weighted by Gasteiger charge is -2.38. The van der Waals surface area contributed by atoms with Crippen LogP contribution < -0.4 is 5.73 Å². The largest absolute Gasteiger partial charge is 0.394 e. The Balaban J connectivity index is 2.37. The van der Waals surface area contributed by atoms with Crippen molar-refractivity contribution in [3.8, 4) is 0 Å². The van der Waals surface area contributed by atoms with E-state index in [1.165, 1.54) is 19.3 Å². The van der Waals surface area contributed by atoms with Crippen molar-refractivity contribution in [1.82, 2.24) is 0 Å². The molecule has 1 fully saturated rings. The fourth-order valence-electron chi connectivity index (χ4n) is 1.20. The Labute approximate surface area is 56.1 Å². The Morgan fingerprint density at radius 2 is 2.22 bits per heavy atom. The standard InChI is InChI=1S/C7H15NO/c1-7(8,5-9)6-3-2-4-6/h6,9H,2-5,8H2,1H3. The van der Waals surface area contributed by atoms with Gasteiger partial charge in [0.05, 0.1) is 6.61 Å². The second kappa shape index (κ2) is 2.27.